The van der Waals surface area contributed by atoms with Gasteiger partial charge in [-0.2, -0.15) is 0 Å². The van der Waals surface area contributed by atoms with Gasteiger partial charge in [0, 0.05) is 12.2 Å². The first-order chi connectivity index (χ1) is 15.2. The molecule has 3 N–H and O–H groups in total. The van der Waals surface area contributed by atoms with Crippen LogP contribution in [0.5, 0.6) is 0 Å². The summed E-state index contributed by atoms with van der Waals surface area (Å²) in [5, 5.41) is 7.82. The Balaban J connectivity index is 1.61. The zero-order chi connectivity index (χ0) is 23.5. The number of carbonyl (C=O) groups is 4. The average Bonchev–Trinajstić information content (AvgIpc) is 2.74. The van der Waals surface area contributed by atoms with E-state index in [0.717, 1.165) is 27.9 Å². The molecule has 2 aromatic rings. The van der Waals surface area contributed by atoms with Gasteiger partial charge in [-0.1, -0.05) is 48.0 Å². The van der Waals surface area contributed by atoms with E-state index in [-0.39, 0.29) is 37.7 Å². The van der Waals surface area contributed by atoms with E-state index < -0.39 is 18.5 Å². The summed E-state index contributed by atoms with van der Waals surface area (Å²) in [5.74, 6) is -1.78. The summed E-state index contributed by atoms with van der Waals surface area (Å²) in [6.07, 6.45) is 0.169. The third-order valence-electron chi connectivity index (χ3n) is 4.61. The van der Waals surface area contributed by atoms with Gasteiger partial charge in [0.15, 0.2) is 6.61 Å². The van der Waals surface area contributed by atoms with Crippen LogP contribution in [-0.4, -0.2) is 43.4 Å². The van der Waals surface area contributed by atoms with Crippen LogP contribution >= 0.6 is 0 Å². The van der Waals surface area contributed by atoms with Crippen LogP contribution in [0.3, 0.4) is 0 Å². The molecular weight excluding hydrogens is 410 g/mol. The van der Waals surface area contributed by atoms with Crippen molar-refractivity contribution in [1.29, 1.82) is 0 Å². The minimum absolute atomic E-state index is 0.0553. The van der Waals surface area contributed by atoms with Crippen molar-refractivity contribution in [2.75, 3.05) is 25.0 Å². The smallest absolute Gasteiger partial charge is 0.308 e. The SMILES string of the molecule is Cc1cc(C)c(NC(=O)CNC(=O)COC(=O)CCNC(=O)Cc2ccccc2)c(C)c1. The number of amides is 3. The fraction of sp³-hybridized carbons (Fsp3) is 0.333. The molecule has 0 atom stereocenters. The van der Waals surface area contributed by atoms with E-state index in [1.807, 2.05) is 63.2 Å². The zero-order valence-electron chi connectivity index (χ0n) is 18.6. The van der Waals surface area contributed by atoms with Gasteiger partial charge in [0.1, 0.15) is 0 Å². The summed E-state index contributed by atoms with van der Waals surface area (Å²) < 4.78 is 4.87. The second-order valence-corrected chi connectivity index (χ2v) is 7.52. The minimum Gasteiger partial charge on any atom is -0.456 e. The Bertz CT molecular complexity index is 950. The number of esters is 1. The van der Waals surface area contributed by atoms with E-state index in [4.69, 9.17) is 4.74 Å². The Labute approximate surface area is 187 Å². The predicted molar refractivity (Wildman–Crippen MR) is 121 cm³/mol. The summed E-state index contributed by atoms with van der Waals surface area (Å²) in [4.78, 5) is 47.5. The van der Waals surface area contributed by atoms with Gasteiger partial charge in [-0.3, -0.25) is 19.2 Å². The third-order valence-corrected chi connectivity index (χ3v) is 4.61. The van der Waals surface area contributed by atoms with Crippen molar-refractivity contribution >= 4 is 29.4 Å². The second-order valence-electron chi connectivity index (χ2n) is 7.52. The zero-order valence-corrected chi connectivity index (χ0v) is 18.6. The fourth-order valence-corrected chi connectivity index (χ4v) is 3.16. The van der Waals surface area contributed by atoms with Gasteiger partial charge in [-0.05, 0) is 37.5 Å². The van der Waals surface area contributed by atoms with Crippen LogP contribution < -0.4 is 16.0 Å². The van der Waals surface area contributed by atoms with Crippen molar-refractivity contribution in [2.45, 2.75) is 33.6 Å². The van der Waals surface area contributed by atoms with E-state index in [9.17, 15) is 19.2 Å². The van der Waals surface area contributed by atoms with Gasteiger partial charge in [0.25, 0.3) is 5.91 Å². The molecule has 32 heavy (non-hydrogen) atoms. The Morgan fingerprint density at radius 1 is 0.844 bits per heavy atom. The molecule has 0 saturated heterocycles. The molecule has 0 unspecified atom stereocenters. The van der Waals surface area contributed by atoms with Crippen LogP contribution in [0.25, 0.3) is 0 Å². The molecule has 170 valence electrons. The quantitative estimate of drug-likeness (QED) is 0.490. The van der Waals surface area contributed by atoms with Gasteiger partial charge in [0.05, 0.1) is 19.4 Å². The Kier molecular flexibility index (Phi) is 9.41. The first kappa shape index (κ1) is 24.6. The summed E-state index contributed by atoms with van der Waals surface area (Å²) in [6, 6.07) is 13.2. The summed E-state index contributed by atoms with van der Waals surface area (Å²) in [6.45, 7) is 5.16. The van der Waals surface area contributed by atoms with Crippen molar-refractivity contribution < 1.29 is 23.9 Å². The molecule has 8 heteroatoms. The number of rotatable bonds is 10. The molecule has 0 bridgehead atoms. The molecule has 0 fully saturated rings. The van der Waals surface area contributed by atoms with Crippen LogP contribution in [0.1, 0.15) is 28.7 Å². The maximum absolute atomic E-state index is 12.1. The maximum Gasteiger partial charge on any atom is 0.308 e. The van der Waals surface area contributed by atoms with E-state index in [1.54, 1.807) is 0 Å². The van der Waals surface area contributed by atoms with Crippen LogP contribution in [0, 0.1) is 20.8 Å². The van der Waals surface area contributed by atoms with Crippen molar-refractivity contribution in [3.05, 3.63) is 64.7 Å². The molecular formula is C24H29N3O5. The highest BCUT2D eigenvalue weighted by Gasteiger charge is 2.12. The lowest BCUT2D eigenvalue weighted by molar-refractivity contribution is -0.148. The molecule has 0 saturated carbocycles. The van der Waals surface area contributed by atoms with Crippen molar-refractivity contribution in [3.63, 3.8) is 0 Å². The predicted octanol–water partition coefficient (Wildman–Crippen LogP) is 1.96. The number of carbonyl (C=O) groups excluding carboxylic acids is 4. The lowest BCUT2D eigenvalue weighted by Gasteiger charge is -2.13. The standard InChI is InChI=1S/C24H29N3O5/c1-16-11-17(2)24(18(3)12-16)27-21(29)14-26-22(30)15-32-23(31)9-10-25-20(28)13-19-7-5-4-6-8-19/h4-8,11-12H,9-10,13-15H2,1-3H3,(H,25,28)(H,26,30)(H,27,29). The van der Waals surface area contributed by atoms with Gasteiger partial charge in [-0.25, -0.2) is 0 Å². The van der Waals surface area contributed by atoms with Gasteiger partial charge in [-0.15, -0.1) is 0 Å². The molecule has 0 aliphatic rings. The Morgan fingerprint density at radius 2 is 1.50 bits per heavy atom. The van der Waals surface area contributed by atoms with Crippen LogP contribution in [0.2, 0.25) is 0 Å². The first-order valence-electron chi connectivity index (χ1n) is 10.3. The van der Waals surface area contributed by atoms with E-state index in [0.29, 0.717) is 0 Å². The molecule has 0 aliphatic heterocycles. The second kappa shape index (κ2) is 12.2. The molecule has 8 nitrogen and oxygen atoms in total. The number of anilines is 1. The average molecular weight is 440 g/mol. The number of aryl methyl sites for hydroxylation is 3. The van der Waals surface area contributed by atoms with E-state index >= 15 is 0 Å². The maximum atomic E-state index is 12.1. The molecule has 0 radical (unpaired) electrons. The van der Waals surface area contributed by atoms with E-state index in [1.165, 1.54) is 0 Å². The monoisotopic (exact) mass is 439 g/mol. The third kappa shape index (κ3) is 8.59. The highest BCUT2D eigenvalue weighted by Crippen LogP contribution is 2.21. The highest BCUT2D eigenvalue weighted by atomic mass is 16.5. The van der Waals surface area contributed by atoms with Crippen molar-refractivity contribution in [1.82, 2.24) is 10.6 Å². The van der Waals surface area contributed by atoms with Crippen molar-refractivity contribution in [3.8, 4) is 0 Å². The van der Waals surface area contributed by atoms with Crippen LogP contribution in [-0.2, 0) is 30.3 Å². The number of hydrogen-bond donors (Lipinski definition) is 3. The van der Waals surface area contributed by atoms with E-state index in [2.05, 4.69) is 16.0 Å². The van der Waals surface area contributed by atoms with Gasteiger partial charge in [0.2, 0.25) is 11.8 Å². The molecule has 3 amide bonds. The molecule has 0 aromatic heterocycles. The lowest BCUT2D eigenvalue weighted by atomic mass is 10.1. The molecule has 0 heterocycles. The van der Waals surface area contributed by atoms with Gasteiger partial charge < -0.3 is 20.7 Å². The van der Waals surface area contributed by atoms with Gasteiger partial charge >= 0.3 is 5.97 Å². The van der Waals surface area contributed by atoms with Crippen LogP contribution in [0.15, 0.2) is 42.5 Å². The van der Waals surface area contributed by atoms with Crippen LogP contribution in [0.4, 0.5) is 5.69 Å². The van der Waals surface area contributed by atoms with Crippen molar-refractivity contribution in [2.24, 2.45) is 0 Å². The summed E-state index contributed by atoms with van der Waals surface area (Å²) in [7, 11) is 0. The molecule has 2 rings (SSSR count). The Hall–Kier alpha value is -3.68. The molecule has 2 aromatic carbocycles. The lowest BCUT2D eigenvalue weighted by Crippen LogP contribution is -2.36. The Morgan fingerprint density at radius 3 is 2.16 bits per heavy atom. The number of ether oxygens (including phenoxy) is 1. The number of hydrogen-bond acceptors (Lipinski definition) is 5. The first-order valence-corrected chi connectivity index (χ1v) is 10.3. The number of nitrogens with one attached hydrogen (secondary N) is 3. The largest absolute Gasteiger partial charge is 0.456 e. The molecule has 0 spiro atoms. The highest BCUT2D eigenvalue weighted by molar-refractivity contribution is 5.96. The normalized spacial score (nSPS) is 10.2. The summed E-state index contributed by atoms with van der Waals surface area (Å²) in [5.41, 5.74) is 4.57. The summed E-state index contributed by atoms with van der Waals surface area (Å²) >= 11 is 0. The molecule has 0 aliphatic carbocycles. The number of benzene rings is 2. The topological polar surface area (TPSA) is 114 Å². The minimum atomic E-state index is -0.615. The fourth-order valence-electron chi connectivity index (χ4n) is 3.16.